The van der Waals surface area contributed by atoms with Gasteiger partial charge in [-0.1, -0.05) is 35.3 Å². The highest BCUT2D eigenvalue weighted by Gasteiger charge is 2.14. The van der Waals surface area contributed by atoms with Gasteiger partial charge in [0.15, 0.2) is 0 Å². The summed E-state index contributed by atoms with van der Waals surface area (Å²) in [6.45, 7) is 0. The molecule has 0 aliphatic carbocycles. The van der Waals surface area contributed by atoms with Crippen LogP contribution < -0.4 is 0 Å². The van der Waals surface area contributed by atoms with Crippen LogP contribution in [0.1, 0.15) is 15.9 Å². The Kier molecular flexibility index (Phi) is 4.91. The van der Waals surface area contributed by atoms with Gasteiger partial charge in [0.05, 0.1) is 10.6 Å². The molecule has 6 heteroatoms. The molecule has 0 unspecified atom stereocenters. The fourth-order valence-electron chi connectivity index (χ4n) is 1.60. The quantitative estimate of drug-likeness (QED) is 0.790. The van der Waals surface area contributed by atoms with E-state index in [4.69, 9.17) is 28.3 Å². The Bertz CT molecular complexity index is 662. The average Bonchev–Trinajstić information content (AvgIpc) is 2.41. The van der Waals surface area contributed by atoms with E-state index < -0.39 is 11.8 Å². The predicted molar refractivity (Wildman–Crippen MR) is 79.4 cm³/mol. The maximum Gasteiger partial charge on any atom is 0.338 e. The summed E-state index contributed by atoms with van der Waals surface area (Å²) in [6, 6.07) is 9.32. The summed E-state index contributed by atoms with van der Waals surface area (Å²) in [5.41, 5.74) is -0.0220. The topological polar surface area (TPSA) is 37.3 Å². The molecule has 0 atom stereocenters. The molecule has 2 nitrogen and oxygen atoms in total. The molecule has 0 saturated carbocycles. The van der Waals surface area contributed by atoms with Crippen LogP contribution >= 0.6 is 35.0 Å². The van der Waals surface area contributed by atoms with Crippen LogP contribution in [0.25, 0.3) is 0 Å². The number of carboxylic acids is 1. The highest BCUT2D eigenvalue weighted by molar-refractivity contribution is 7.98. The van der Waals surface area contributed by atoms with Gasteiger partial charge in [-0.05, 0) is 29.8 Å². The van der Waals surface area contributed by atoms with Crippen molar-refractivity contribution in [3.63, 3.8) is 0 Å². The third-order valence-corrected chi connectivity index (χ3v) is 4.37. The average molecular weight is 331 g/mol. The van der Waals surface area contributed by atoms with Crippen molar-refractivity contribution >= 4 is 40.9 Å². The van der Waals surface area contributed by atoms with E-state index in [1.165, 1.54) is 23.9 Å². The van der Waals surface area contributed by atoms with Crippen LogP contribution in [0.15, 0.2) is 41.3 Å². The summed E-state index contributed by atoms with van der Waals surface area (Å²) in [4.78, 5) is 11.6. The lowest BCUT2D eigenvalue weighted by Gasteiger charge is -2.07. The Labute approximate surface area is 129 Å². The third kappa shape index (κ3) is 3.45. The van der Waals surface area contributed by atoms with Crippen molar-refractivity contribution in [3.8, 4) is 0 Å². The Morgan fingerprint density at radius 3 is 2.70 bits per heavy atom. The third-order valence-electron chi connectivity index (χ3n) is 2.59. The van der Waals surface area contributed by atoms with Crippen LogP contribution in [0.5, 0.6) is 0 Å². The van der Waals surface area contributed by atoms with Crippen LogP contribution in [-0.2, 0) is 5.75 Å². The smallest absolute Gasteiger partial charge is 0.338 e. The van der Waals surface area contributed by atoms with E-state index in [0.717, 1.165) is 4.90 Å². The van der Waals surface area contributed by atoms with E-state index in [9.17, 15) is 9.18 Å². The van der Waals surface area contributed by atoms with Crippen LogP contribution in [-0.4, -0.2) is 11.1 Å². The lowest BCUT2D eigenvalue weighted by molar-refractivity contribution is 0.0691. The van der Waals surface area contributed by atoms with Crippen LogP contribution in [0.4, 0.5) is 4.39 Å². The number of hydrogen-bond donors (Lipinski definition) is 1. The summed E-state index contributed by atoms with van der Waals surface area (Å²) in [7, 11) is 0. The Balaban J connectivity index is 2.21. The molecule has 0 spiro atoms. The van der Waals surface area contributed by atoms with Crippen molar-refractivity contribution in [3.05, 3.63) is 63.4 Å². The van der Waals surface area contributed by atoms with Gasteiger partial charge in [-0.2, -0.15) is 0 Å². The molecule has 0 bridgehead atoms. The van der Waals surface area contributed by atoms with Gasteiger partial charge in [0.1, 0.15) is 5.82 Å². The second-order valence-corrected chi connectivity index (χ2v) is 5.81. The number of carboxylic acid groups (broad SMARTS) is 1. The summed E-state index contributed by atoms with van der Waals surface area (Å²) in [5, 5.41) is 9.93. The molecule has 2 rings (SSSR count). The van der Waals surface area contributed by atoms with Crippen molar-refractivity contribution in [1.29, 1.82) is 0 Å². The zero-order valence-electron chi connectivity index (χ0n) is 10.1. The number of rotatable bonds is 4. The predicted octanol–water partition coefficient (Wildman–Crippen LogP) is 5.12. The number of benzene rings is 2. The van der Waals surface area contributed by atoms with Gasteiger partial charge < -0.3 is 5.11 Å². The van der Waals surface area contributed by atoms with Gasteiger partial charge in [0.25, 0.3) is 0 Å². The largest absolute Gasteiger partial charge is 0.478 e. The normalized spacial score (nSPS) is 10.6. The SMILES string of the molecule is O=C(O)c1cccc(CSc2cc(Cl)ccc2Cl)c1F. The maximum atomic E-state index is 14.0. The lowest BCUT2D eigenvalue weighted by atomic mass is 10.1. The maximum absolute atomic E-state index is 14.0. The molecule has 20 heavy (non-hydrogen) atoms. The first-order valence-electron chi connectivity index (χ1n) is 5.57. The standard InChI is InChI=1S/C14H9Cl2FO2S/c15-9-4-5-11(16)12(6-9)20-7-8-2-1-3-10(13(8)17)14(18)19/h1-6H,7H2,(H,18,19). The molecule has 0 aliphatic rings. The summed E-state index contributed by atoms with van der Waals surface area (Å²) < 4.78 is 14.0. The zero-order chi connectivity index (χ0) is 14.7. The molecular formula is C14H9Cl2FO2S. The van der Waals surface area contributed by atoms with Gasteiger partial charge in [-0.3, -0.25) is 0 Å². The molecule has 0 saturated heterocycles. The van der Waals surface area contributed by atoms with Crippen LogP contribution in [0.2, 0.25) is 10.0 Å². The second kappa shape index (κ2) is 6.48. The molecule has 104 valence electrons. The number of thioether (sulfide) groups is 1. The molecule has 2 aromatic carbocycles. The molecule has 0 aromatic heterocycles. The number of carbonyl (C=O) groups is 1. The fourth-order valence-corrected chi connectivity index (χ4v) is 3.07. The Morgan fingerprint density at radius 1 is 1.25 bits per heavy atom. The number of halogens is 3. The zero-order valence-corrected chi connectivity index (χ0v) is 12.4. The van der Waals surface area contributed by atoms with Crippen molar-refractivity contribution in [2.75, 3.05) is 0 Å². The molecule has 0 radical (unpaired) electrons. The highest BCUT2D eigenvalue weighted by Crippen LogP contribution is 2.32. The molecule has 0 amide bonds. The second-order valence-electron chi connectivity index (χ2n) is 3.95. The first kappa shape index (κ1) is 15.2. The van der Waals surface area contributed by atoms with Crippen molar-refractivity contribution in [1.82, 2.24) is 0 Å². The molecular weight excluding hydrogens is 322 g/mol. The van der Waals surface area contributed by atoms with Crippen molar-refractivity contribution in [2.24, 2.45) is 0 Å². The molecule has 1 N–H and O–H groups in total. The highest BCUT2D eigenvalue weighted by atomic mass is 35.5. The monoisotopic (exact) mass is 330 g/mol. The fraction of sp³-hybridized carbons (Fsp3) is 0.0714. The molecule has 0 aliphatic heterocycles. The van der Waals surface area contributed by atoms with E-state index in [2.05, 4.69) is 0 Å². The molecule has 2 aromatic rings. The van der Waals surface area contributed by atoms with E-state index in [1.54, 1.807) is 24.3 Å². The van der Waals surface area contributed by atoms with Crippen molar-refractivity contribution < 1.29 is 14.3 Å². The number of hydrogen-bond acceptors (Lipinski definition) is 2. The Hall–Kier alpha value is -1.23. The molecule has 0 fully saturated rings. The van der Waals surface area contributed by atoms with Gasteiger partial charge in [0.2, 0.25) is 0 Å². The van der Waals surface area contributed by atoms with Crippen molar-refractivity contribution in [2.45, 2.75) is 10.6 Å². The van der Waals surface area contributed by atoms with Gasteiger partial charge in [-0.25, -0.2) is 9.18 Å². The minimum absolute atomic E-state index is 0.271. The van der Waals surface area contributed by atoms with E-state index in [-0.39, 0.29) is 11.3 Å². The van der Waals surface area contributed by atoms with Crippen LogP contribution in [0, 0.1) is 5.82 Å². The minimum Gasteiger partial charge on any atom is -0.478 e. The minimum atomic E-state index is -1.28. The van der Waals surface area contributed by atoms with E-state index in [0.29, 0.717) is 15.6 Å². The van der Waals surface area contributed by atoms with Gasteiger partial charge >= 0.3 is 5.97 Å². The van der Waals surface area contributed by atoms with Gasteiger partial charge in [-0.15, -0.1) is 11.8 Å². The lowest BCUT2D eigenvalue weighted by Crippen LogP contribution is -2.02. The summed E-state index contributed by atoms with van der Waals surface area (Å²) in [6.07, 6.45) is 0. The first-order valence-corrected chi connectivity index (χ1v) is 7.31. The summed E-state index contributed by atoms with van der Waals surface area (Å²) in [5.74, 6) is -1.73. The van der Waals surface area contributed by atoms with E-state index >= 15 is 0 Å². The Morgan fingerprint density at radius 2 is 2.00 bits per heavy atom. The molecule has 0 heterocycles. The van der Waals surface area contributed by atoms with E-state index in [1.807, 2.05) is 0 Å². The number of aromatic carboxylic acids is 1. The van der Waals surface area contributed by atoms with Crippen LogP contribution in [0.3, 0.4) is 0 Å². The first-order chi connectivity index (χ1) is 9.49. The van der Waals surface area contributed by atoms with Gasteiger partial charge in [0, 0.05) is 15.7 Å². The summed E-state index contributed by atoms with van der Waals surface area (Å²) >= 11 is 13.2.